The van der Waals surface area contributed by atoms with Crippen LogP contribution in [0.1, 0.15) is 35.7 Å². The zero-order valence-corrected chi connectivity index (χ0v) is 19.5. The molecule has 0 unspecified atom stereocenters. The second-order valence-electron chi connectivity index (χ2n) is 4.85. The summed E-state index contributed by atoms with van der Waals surface area (Å²) in [7, 11) is 0. The number of ether oxygens (including phenoxy) is 1. The second kappa shape index (κ2) is 8.90. The van der Waals surface area contributed by atoms with Crippen LogP contribution in [0.25, 0.3) is 4.47 Å². The van der Waals surface area contributed by atoms with E-state index >= 15 is 0 Å². The number of unbranched alkanes of at least 4 members (excludes halogenated alkanes) is 1. The van der Waals surface area contributed by atoms with Crippen molar-refractivity contribution in [3.63, 3.8) is 0 Å². The summed E-state index contributed by atoms with van der Waals surface area (Å²) in [6.45, 7) is 2.61. The minimum absolute atomic E-state index is 0.203. The summed E-state index contributed by atoms with van der Waals surface area (Å²) < 4.78 is 10.3. The van der Waals surface area contributed by atoms with E-state index in [9.17, 15) is 4.79 Å². The molecule has 120 valence electrons. The Balaban J connectivity index is 1.62. The fraction of sp³-hybridized carbons (Fsp3) is 0.235. The Kier molecular flexibility index (Phi) is 6.89. The van der Waals surface area contributed by atoms with Crippen molar-refractivity contribution in [2.75, 3.05) is 6.61 Å². The third-order valence-corrected chi connectivity index (χ3v) is 18.0. The number of rotatable bonds is 5. The summed E-state index contributed by atoms with van der Waals surface area (Å²) in [4.78, 5) is 19.1. The van der Waals surface area contributed by atoms with Crippen molar-refractivity contribution in [2.24, 2.45) is 0 Å². The van der Waals surface area contributed by atoms with Gasteiger partial charge in [0.2, 0.25) is 0 Å². The van der Waals surface area contributed by atoms with Gasteiger partial charge in [0.25, 0.3) is 0 Å². The van der Waals surface area contributed by atoms with Gasteiger partial charge in [0.05, 0.1) is 0 Å². The Morgan fingerprint density at radius 3 is 2.48 bits per heavy atom. The molecule has 23 heavy (non-hydrogen) atoms. The molecule has 0 amide bonds. The molecule has 0 saturated carbocycles. The summed E-state index contributed by atoms with van der Waals surface area (Å²) in [5.74, 6) is -0.203. The van der Waals surface area contributed by atoms with E-state index in [4.69, 9.17) is 4.74 Å². The van der Waals surface area contributed by atoms with Gasteiger partial charge in [0, 0.05) is 0 Å². The predicted molar refractivity (Wildman–Crippen MR) is 98.8 cm³/mol. The summed E-state index contributed by atoms with van der Waals surface area (Å²) in [6.07, 6.45) is 1.97. The maximum atomic E-state index is 11.9. The van der Waals surface area contributed by atoms with E-state index in [0.717, 1.165) is 12.8 Å². The van der Waals surface area contributed by atoms with Crippen molar-refractivity contribution in [2.45, 2.75) is 19.8 Å². The zero-order valence-electron chi connectivity index (χ0n) is 12.6. The first kappa shape index (κ1) is 17.8. The van der Waals surface area contributed by atoms with E-state index in [2.05, 4.69) is 34.0 Å². The topological polar surface area (TPSA) is 26.3 Å². The van der Waals surface area contributed by atoms with Crippen LogP contribution >= 0.6 is 0 Å². The molecule has 0 radical (unpaired) electrons. The summed E-state index contributed by atoms with van der Waals surface area (Å²) in [6, 6.07) is 7.97. The van der Waals surface area contributed by atoms with E-state index in [1.807, 2.05) is 12.1 Å². The molecule has 0 saturated heterocycles. The van der Waals surface area contributed by atoms with E-state index in [1.165, 1.54) is 10.0 Å². The summed E-state index contributed by atoms with van der Waals surface area (Å²) >= 11 is 2.31. The van der Waals surface area contributed by atoms with Crippen LogP contribution in [-0.2, 0) is 4.74 Å². The van der Waals surface area contributed by atoms with Crippen LogP contribution in [0.15, 0.2) is 45.9 Å². The normalized spacial score (nSPS) is 16.8. The van der Waals surface area contributed by atoms with E-state index < -0.39 is 0 Å². The molecule has 3 rings (SSSR count). The predicted octanol–water partition coefficient (Wildman–Crippen LogP) is 2.38. The number of carbonyl (C=O) groups is 1. The van der Waals surface area contributed by atoms with E-state index in [0.29, 0.717) is 72.0 Å². The molecule has 0 bridgehead atoms. The molecule has 1 aromatic rings. The number of esters is 1. The van der Waals surface area contributed by atoms with Crippen molar-refractivity contribution in [3.05, 3.63) is 57.1 Å². The fourth-order valence-electron chi connectivity index (χ4n) is 1.94. The first-order valence-corrected chi connectivity index (χ1v) is 14.6. The molecule has 0 fully saturated rings. The Morgan fingerprint density at radius 1 is 1.04 bits per heavy atom. The van der Waals surface area contributed by atoms with Gasteiger partial charge in [-0.2, -0.15) is 0 Å². The third kappa shape index (κ3) is 4.75. The Bertz CT molecular complexity index is 664. The van der Waals surface area contributed by atoms with Crippen LogP contribution in [0.5, 0.6) is 0 Å². The van der Waals surface area contributed by atoms with Gasteiger partial charge in [0.15, 0.2) is 0 Å². The van der Waals surface area contributed by atoms with Crippen molar-refractivity contribution in [1.29, 1.82) is 0 Å². The SMILES string of the molecule is CCCCOC(=O)c1ccc(C2=C[Se]C(=C3[Se]C=C[Se]3)[Se]2)cc1. The van der Waals surface area contributed by atoms with Crippen LogP contribution in [0.4, 0.5) is 0 Å². The molecule has 6 heteroatoms. The Morgan fingerprint density at radius 2 is 1.78 bits per heavy atom. The quantitative estimate of drug-likeness (QED) is 0.310. The average molecular weight is 568 g/mol. The van der Waals surface area contributed by atoms with E-state index in [1.54, 1.807) is 6.74 Å². The Labute approximate surface area is 162 Å². The van der Waals surface area contributed by atoms with Gasteiger partial charge in [0.1, 0.15) is 0 Å². The molecule has 0 spiro atoms. The first-order chi connectivity index (χ1) is 11.3. The molecule has 0 N–H and O–H groups in total. The molecular formula is C17H16O2Se4. The van der Waals surface area contributed by atoms with Crippen molar-refractivity contribution in [3.8, 4) is 0 Å². The molecule has 0 aliphatic carbocycles. The molecule has 2 nitrogen and oxygen atoms in total. The molecular weight excluding hydrogens is 552 g/mol. The summed E-state index contributed by atoms with van der Waals surface area (Å²) in [5, 5.41) is 0. The van der Waals surface area contributed by atoms with Crippen molar-refractivity contribution in [1.82, 2.24) is 0 Å². The van der Waals surface area contributed by atoms with Crippen LogP contribution in [0, 0.1) is 0 Å². The van der Waals surface area contributed by atoms with Gasteiger partial charge >= 0.3 is 163 Å². The van der Waals surface area contributed by atoms with Gasteiger partial charge in [-0.15, -0.1) is 0 Å². The standard InChI is InChI=1S/C17H16O2Se4/c1-2-3-8-19-15(18)13-6-4-12(5-7-13)14-11-22-17(23-14)16-20-9-10-21-16/h4-7,9-11H,2-3,8H2,1H3. The zero-order chi connectivity index (χ0) is 16.1. The molecule has 0 atom stereocenters. The average Bonchev–Trinajstić information content (AvgIpc) is 3.26. The molecule has 2 aliphatic rings. The maximum absolute atomic E-state index is 11.9. The number of hydrogen-bond donors (Lipinski definition) is 0. The van der Waals surface area contributed by atoms with Crippen molar-refractivity contribution < 1.29 is 9.53 Å². The molecule has 2 heterocycles. The fourth-order valence-corrected chi connectivity index (χ4v) is 15.6. The van der Waals surface area contributed by atoms with E-state index in [-0.39, 0.29) is 5.97 Å². The van der Waals surface area contributed by atoms with Gasteiger partial charge in [-0.25, -0.2) is 0 Å². The van der Waals surface area contributed by atoms with Crippen molar-refractivity contribution >= 4 is 70.3 Å². The van der Waals surface area contributed by atoms with Crippen LogP contribution < -0.4 is 0 Å². The van der Waals surface area contributed by atoms with Crippen LogP contribution in [0.2, 0.25) is 0 Å². The third-order valence-electron chi connectivity index (χ3n) is 3.18. The molecule has 0 aromatic heterocycles. The monoisotopic (exact) mass is 572 g/mol. The number of carbonyl (C=O) groups excluding carboxylic acids is 1. The number of benzene rings is 1. The van der Waals surface area contributed by atoms with Gasteiger partial charge in [-0.3, -0.25) is 0 Å². The summed E-state index contributed by atoms with van der Waals surface area (Å²) in [5.41, 5.74) is 1.94. The Hall–Kier alpha value is -0.0121. The van der Waals surface area contributed by atoms with Gasteiger partial charge in [-0.1, -0.05) is 0 Å². The molecule has 2 aliphatic heterocycles. The number of hydrogen-bond acceptors (Lipinski definition) is 2. The molecule has 1 aromatic carbocycles. The second-order valence-corrected chi connectivity index (χ2v) is 15.4. The van der Waals surface area contributed by atoms with Crippen LogP contribution in [0.3, 0.4) is 0 Å². The first-order valence-electron chi connectivity index (χ1n) is 7.33. The van der Waals surface area contributed by atoms with Crippen LogP contribution in [-0.4, -0.2) is 72.4 Å². The minimum atomic E-state index is -0.203. The van der Waals surface area contributed by atoms with Gasteiger partial charge < -0.3 is 0 Å². The van der Waals surface area contributed by atoms with Gasteiger partial charge in [-0.05, 0) is 0 Å².